The predicted molar refractivity (Wildman–Crippen MR) is 28.4 cm³/mol. The van der Waals surface area contributed by atoms with E-state index in [1.54, 1.807) is 12.1 Å². The SMILES string of the molecule is N#Cc1n[se]nc1C#N. The molecule has 0 spiro atoms. The van der Waals surface area contributed by atoms with Crippen LogP contribution in [-0.4, -0.2) is 22.9 Å². The van der Waals surface area contributed by atoms with Gasteiger partial charge >= 0.3 is 57.0 Å². The van der Waals surface area contributed by atoms with Gasteiger partial charge in [-0.05, 0) is 0 Å². The number of hydrogen-bond donors (Lipinski definition) is 0. The van der Waals surface area contributed by atoms with E-state index in [2.05, 4.69) is 7.96 Å². The first kappa shape index (κ1) is 5.97. The summed E-state index contributed by atoms with van der Waals surface area (Å²) in [6.45, 7) is 0. The van der Waals surface area contributed by atoms with Crippen molar-refractivity contribution in [2.24, 2.45) is 0 Å². The molecule has 4 nitrogen and oxygen atoms in total. The Balaban J connectivity index is 3.22. The molecule has 0 radical (unpaired) electrons. The Morgan fingerprint density at radius 2 is 1.56 bits per heavy atom. The van der Waals surface area contributed by atoms with Crippen LogP contribution in [0.5, 0.6) is 0 Å². The van der Waals surface area contributed by atoms with Crippen molar-refractivity contribution < 1.29 is 0 Å². The second kappa shape index (κ2) is 2.41. The van der Waals surface area contributed by atoms with Gasteiger partial charge in [-0.25, -0.2) is 0 Å². The normalized spacial score (nSPS) is 7.78. The minimum atomic E-state index is -0.254. The zero-order valence-electron chi connectivity index (χ0n) is 4.20. The van der Waals surface area contributed by atoms with Gasteiger partial charge in [-0.2, -0.15) is 0 Å². The van der Waals surface area contributed by atoms with Gasteiger partial charge < -0.3 is 0 Å². The Kier molecular flexibility index (Phi) is 1.60. The Morgan fingerprint density at radius 3 is 1.89 bits per heavy atom. The fourth-order valence-electron chi connectivity index (χ4n) is 0.335. The average Bonchev–Trinajstić information content (AvgIpc) is 2.33. The molecule has 5 heteroatoms. The van der Waals surface area contributed by atoms with Crippen LogP contribution < -0.4 is 0 Å². The molecule has 1 aromatic heterocycles. The van der Waals surface area contributed by atoms with E-state index in [0.717, 1.165) is 0 Å². The van der Waals surface area contributed by atoms with Gasteiger partial charge in [0.1, 0.15) is 0 Å². The van der Waals surface area contributed by atoms with Gasteiger partial charge in [-0.1, -0.05) is 0 Å². The molecule has 0 aliphatic carbocycles. The van der Waals surface area contributed by atoms with Crippen molar-refractivity contribution in [3.05, 3.63) is 11.4 Å². The van der Waals surface area contributed by atoms with Crippen molar-refractivity contribution in [1.29, 1.82) is 10.5 Å². The number of nitriles is 2. The molecule has 0 bridgehead atoms. The van der Waals surface area contributed by atoms with Crippen molar-refractivity contribution in [3.63, 3.8) is 0 Å². The van der Waals surface area contributed by atoms with Gasteiger partial charge in [0, 0.05) is 0 Å². The third kappa shape index (κ3) is 0.972. The summed E-state index contributed by atoms with van der Waals surface area (Å²) < 4.78 is 7.40. The summed E-state index contributed by atoms with van der Waals surface area (Å²) in [4.78, 5) is 0. The zero-order chi connectivity index (χ0) is 6.69. The third-order valence-corrected chi connectivity index (χ3v) is 1.81. The van der Waals surface area contributed by atoms with Gasteiger partial charge in [0.05, 0.1) is 0 Å². The Morgan fingerprint density at radius 1 is 1.11 bits per heavy atom. The Bertz CT molecular complexity index is 260. The number of aromatic nitrogens is 2. The topological polar surface area (TPSA) is 73.4 Å². The van der Waals surface area contributed by atoms with Gasteiger partial charge in [0.25, 0.3) is 0 Å². The van der Waals surface area contributed by atoms with E-state index in [-0.39, 0.29) is 26.3 Å². The van der Waals surface area contributed by atoms with Crippen LogP contribution in [0.3, 0.4) is 0 Å². The van der Waals surface area contributed by atoms with Crippen LogP contribution >= 0.6 is 0 Å². The van der Waals surface area contributed by atoms with E-state index in [9.17, 15) is 0 Å². The predicted octanol–water partition coefficient (Wildman–Crippen LogP) is -0.723. The van der Waals surface area contributed by atoms with E-state index in [1.807, 2.05) is 0 Å². The zero-order valence-corrected chi connectivity index (χ0v) is 5.91. The van der Waals surface area contributed by atoms with Gasteiger partial charge in [-0.3, -0.25) is 0 Å². The number of rotatable bonds is 0. The first-order valence-corrected chi connectivity index (χ1v) is 3.54. The third-order valence-electron chi connectivity index (χ3n) is 0.700. The molecule has 1 rings (SSSR count). The first-order chi connectivity index (χ1) is 4.38. The second-order valence-electron chi connectivity index (χ2n) is 1.19. The van der Waals surface area contributed by atoms with Crippen molar-refractivity contribution in [1.82, 2.24) is 7.96 Å². The maximum atomic E-state index is 8.26. The molecule has 0 aromatic carbocycles. The summed E-state index contributed by atoms with van der Waals surface area (Å²) in [5.41, 5.74) is 0.356. The molecular weight excluding hydrogens is 183 g/mol. The van der Waals surface area contributed by atoms with Crippen LogP contribution in [0.25, 0.3) is 0 Å². The summed E-state index contributed by atoms with van der Waals surface area (Å²) in [5, 5.41) is 16.5. The molecule has 0 aliphatic heterocycles. The molecule has 42 valence electrons. The van der Waals surface area contributed by atoms with E-state index in [4.69, 9.17) is 10.5 Å². The van der Waals surface area contributed by atoms with Crippen LogP contribution in [0.15, 0.2) is 0 Å². The molecule has 0 saturated carbocycles. The van der Waals surface area contributed by atoms with E-state index < -0.39 is 0 Å². The Hall–Kier alpha value is -1.16. The molecule has 1 heterocycles. The van der Waals surface area contributed by atoms with Crippen molar-refractivity contribution in [2.75, 3.05) is 0 Å². The summed E-state index contributed by atoms with van der Waals surface area (Å²) in [6, 6.07) is 3.55. The van der Waals surface area contributed by atoms with Crippen LogP contribution in [0.2, 0.25) is 0 Å². The number of hydrogen-bond acceptors (Lipinski definition) is 4. The molecule has 0 amide bonds. The van der Waals surface area contributed by atoms with Crippen LogP contribution in [-0.2, 0) is 0 Å². The van der Waals surface area contributed by atoms with Crippen molar-refractivity contribution >= 4 is 15.0 Å². The molecule has 0 fully saturated rings. The molecule has 0 aliphatic rings. The van der Waals surface area contributed by atoms with E-state index in [0.29, 0.717) is 0 Å². The van der Waals surface area contributed by atoms with Gasteiger partial charge in [0.15, 0.2) is 0 Å². The quantitative estimate of drug-likeness (QED) is 0.497. The standard InChI is InChI=1S/C4N4Se/c5-1-3-4(2-6)8-9-7-3. The number of nitrogens with zero attached hydrogens (tertiary/aromatic N) is 4. The van der Waals surface area contributed by atoms with Crippen LogP contribution in [0.1, 0.15) is 11.4 Å². The van der Waals surface area contributed by atoms with Crippen molar-refractivity contribution in [2.45, 2.75) is 0 Å². The van der Waals surface area contributed by atoms with Crippen molar-refractivity contribution in [3.8, 4) is 12.1 Å². The minimum absolute atomic E-state index is 0.178. The molecule has 0 N–H and O–H groups in total. The summed E-state index contributed by atoms with van der Waals surface area (Å²) in [7, 11) is 0. The molecule has 9 heavy (non-hydrogen) atoms. The van der Waals surface area contributed by atoms with E-state index in [1.165, 1.54) is 0 Å². The molecule has 0 atom stereocenters. The average molecular weight is 183 g/mol. The first-order valence-electron chi connectivity index (χ1n) is 2.01. The summed E-state index contributed by atoms with van der Waals surface area (Å²) in [5.74, 6) is 0. The summed E-state index contributed by atoms with van der Waals surface area (Å²) >= 11 is -0.254. The monoisotopic (exact) mass is 184 g/mol. The Labute approximate surface area is 57.6 Å². The fourth-order valence-corrected chi connectivity index (χ4v) is 1.30. The second-order valence-corrected chi connectivity index (χ2v) is 2.29. The van der Waals surface area contributed by atoms with Crippen LogP contribution in [0, 0.1) is 22.7 Å². The van der Waals surface area contributed by atoms with Crippen LogP contribution in [0.4, 0.5) is 0 Å². The molecular formula is C4N4Se. The maximum absolute atomic E-state index is 8.26. The van der Waals surface area contributed by atoms with Gasteiger partial charge in [0.2, 0.25) is 0 Å². The molecule has 1 aromatic rings. The van der Waals surface area contributed by atoms with E-state index >= 15 is 0 Å². The molecule has 0 unspecified atom stereocenters. The van der Waals surface area contributed by atoms with Gasteiger partial charge in [-0.15, -0.1) is 0 Å². The fraction of sp³-hybridized carbons (Fsp3) is 0. The molecule has 0 saturated heterocycles. The summed E-state index contributed by atoms with van der Waals surface area (Å²) in [6.07, 6.45) is 0.